The summed E-state index contributed by atoms with van der Waals surface area (Å²) in [4.78, 5) is 26.4. The number of aliphatic carboxylic acids is 1. The fraction of sp³-hybridized carbons (Fsp3) is 0.793. The summed E-state index contributed by atoms with van der Waals surface area (Å²) in [5.74, 6) is 6.88. The largest absolute Gasteiger partial charge is 0.481 e. The van der Waals surface area contributed by atoms with E-state index >= 15 is 0 Å². The van der Waals surface area contributed by atoms with Gasteiger partial charge in [0.25, 0.3) is 0 Å². The van der Waals surface area contributed by atoms with Crippen molar-refractivity contribution in [3.63, 3.8) is 0 Å². The van der Waals surface area contributed by atoms with Crippen LogP contribution in [-0.2, 0) is 9.59 Å². The number of carbonyl (C=O) groups is 2. The fourth-order valence-corrected chi connectivity index (χ4v) is 9.58. The van der Waals surface area contributed by atoms with E-state index in [9.17, 15) is 19.8 Å². The molecule has 5 rings (SSSR count). The number of hydrogen-bond acceptors (Lipinski definition) is 3. The Morgan fingerprint density at radius 3 is 2.55 bits per heavy atom. The van der Waals surface area contributed by atoms with Gasteiger partial charge in [0.05, 0.1) is 5.41 Å². The van der Waals surface area contributed by atoms with Gasteiger partial charge in [-0.05, 0) is 67.6 Å². The van der Waals surface area contributed by atoms with Crippen molar-refractivity contribution in [1.82, 2.24) is 0 Å². The fourth-order valence-electron chi connectivity index (χ4n) is 9.58. The minimum absolute atomic E-state index is 0.0166. The lowest BCUT2D eigenvalue weighted by molar-refractivity contribution is -0.188. The molecule has 0 aromatic rings. The highest BCUT2D eigenvalue weighted by atomic mass is 16.4. The molecule has 0 saturated heterocycles. The van der Waals surface area contributed by atoms with Gasteiger partial charge in [0.1, 0.15) is 17.8 Å². The highest BCUT2D eigenvalue weighted by Crippen LogP contribution is 2.83. The molecule has 4 heteroatoms. The van der Waals surface area contributed by atoms with Crippen LogP contribution in [0.1, 0.15) is 85.0 Å². The predicted octanol–water partition coefficient (Wildman–Crippen LogP) is 5.25. The number of carbonyl (C=O) groups excluding carboxylic acids is 1. The van der Waals surface area contributed by atoms with E-state index in [1.807, 2.05) is 13.8 Å². The van der Waals surface area contributed by atoms with Gasteiger partial charge in [-0.2, -0.15) is 0 Å². The summed E-state index contributed by atoms with van der Waals surface area (Å²) in [6.45, 7) is 6.32. The van der Waals surface area contributed by atoms with Gasteiger partial charge in [-0.15, -0.1) is 5.92 Å². The average Bonchev–Trinajstić information content (AvgIpc) is 3.37. The molecule has 4 unspecified atom stereocenters. The van der Waals surface area contributed by atoms with Gasteiger partial charge >= 0.3 is 5.97 Å². The topological polar surface area (TPSA) is 74.6 Å². The molecular weight excluding hydrogens is 412 g/mol. The van der Waals surface area contributed by atoms with Crippen LogP contribution in [0, 0.1) is 63.6 Å². The lowest BCUT2D eigenvalue weighted by atomic mass is 9.41. The summed E-state index contributed by atoms with van der Waals surface area (Å²) in [6.07, 6.45) is 12.3. The van der Waals surface area contributed by atoms with Crippen molar-refractivity contribution in [2.75, 3.05) is 0 Å². The van der Waals surface area contributed by atoms with Crippen LogP contribution in [0.3, 0.4) is 0 Å². The van der Waals surface area contributed by atoms with Crippen molar-refractivity contribution in [3.05, 3.63) is 11.6 Å². The number of rotatable bonds is 5. The summed E-state index contributed by atoms with van der Waals surface area (Å²) in [5, 5.41) is 22.8. The van der Waals surface area contributed by atoms with Gasteiger partial charge < -0.3 is 15.0 Å². The number of aliphatic hydroxyl groups is 1. The van der Waals surface area contributed by atoms with Crippen molar-refractivity contribution in [2.24, 2.45) is 51.8 Å². The van der Waals surface area contributed by atoms with Crippen molar-refractivity contribution < 1.29 is 19.8 Å². The second kappa shape index (κ2) is 7.98. The Morgan fingerprint density at radius 2 is 1.91 bits per heavy atom. The normalized spacial score (nSPS) is 44.7. The molecule has 2 N–H and O–H groups in total. The first-order chi connectivity index (χ1) is 15.8. The molecule has 5 aliphatic rings. The Morgan fingerprint density at radius 1 is 1.18 bits per heavy atom. The maximum atomic E-state index is 13.4. The summed E-state index contributed by atoms with van der Waals surface area (Å²) in [7, 11) is 0. The van der Waals surface area contributed by atoms with E-state index in [4.69, 9.17) is 0 Å². The Hall–Kier alpha value is -1.60. The Labute approximate surface area is 198 Å². The number of carboxylic acids is 1. The number of fused-ring (bicyclic) bond motifs is 2. The summed E-state index contributed by atoms with van der Waals surface area (Å²) in [6, 6.07) is 0. The SMILES string of the molecule is CC(C)C1=CC2CC3(C=O)[C@@H]4CC[C@@H](C)[C@H]4CC2(C(O)C#CCC2CCCCC2)[C@]13C(=O)O. The Kier molecular flexibility index (Phi) is 5.60. The number of hydrogen-bond donors (Lipinski definition) is 2. The minimum atomic E-state index is -1.34. The molecule has 180 valence electrons. The molecule has 4 fully saturated rings. The van der Waals surface area contributed by atoms with E-state index < -0.39 is 28.3 Å². The third kappa shape index (κ3) is 2.75. The first kappa shape index (κ1) is 23.2. The summed E-state index contributed by atoms with van der Waals surface area (Å²) in [5.41, 5.74) is -2.31. The number of carboxylic acid groups (broad SMARTS) is 1. The van der Waals surface area contributed by atoms with Crippen molar-refractivity contribution in [3.8, 4) is 11.8 Å². The van der Waals surface area contributed by atoms with Crippen LogP contribution in [0.2, 0.25) is 0 Å². The van der Waals surface area contributed by atoms with E-state index in [2.05, 4.69) is 24.8 Å². The van der Waals surface area contributed by atoms with Crippen molar-refractivity contribution >= 4 is 12.3 Å². The summed E-state index contributed by atoms with van der Waals surface area (Å²) >= 11 is 0. The minimum Gasteiger partial charge on any atom is -0.481 e. The average molecular weight is 453 g/mol. The van der Waals surface area contributed by atoms with Gasteiger partial charge in [0.15, 0.2) is 0 Å². The smallest absolute Gasteiger partial charge is 0.315 e. The number of aliphatic hydroxyl groups excluding tert-OH is 1. The quantitative estimate of drug-likeness (QED) is 0.340. The molecule has 4 nitrogen and oxygen atoms in total. The lowest BCUT2D eigenvalue weighted by Crippen LogP contribution is -2.65. The highest BCUT2D eigenvalue weighted by molar-refractivity contribution is 5.90. The maximum Gasteiger partial charge on any atom is 0.315 e. The molecular formula is C29H40O4. The van der Waals surface area contributed by atoms with Gasteiger partial charge in [0, 0.05) is 11.8 Å². The van der Waals surface area contributed by atoms with E-state index in [0.717, 1.165) is 31.1 Å². The molecule has 0 amide bonds. The molecule has 5 aliphatic carbocycles. The molecule has 0 heterocycles. The third-order valence-corrected chi connectivity index (χ3v) is 10.8. The van der Waals surface area contributed by atoms with Crippen LogP contribution < -0.4 is 0 Å². The van der Waals surface area contributed by atoms with Crippen LogP contribution in [0.5, 0.6) is 0 Å². The zero-order valence-electron chi connectivity index (χ0n) is 20.5. The molecule has 0 aromatic carbocycles. The van der Waals surface area contributed by atoms with E-state index in [1.165, 1.54) is 32.1 Å². The maximum absolute atomic E-state index is 13.4. The zero-order chi connectivity index (χ0) is 23.6. The highest BCUT2D eigenvalue weighted by Gasteiger charge is 2.85. The number of aldehydes is 1. The zero-order valence-corrected chi connectivity index (χ0v) is 20.5. The van der Waals surface area contributed by atoms with E-state index in [1.54, 1.807) is 0 Å². The van der Waals surface area contributed by atoms with Crippen LogP contribution in [0.4, 0.5) is 0 Å². The summed E-state index contributed by atoms with van der Waals surface area (Å²) < 4.78 is 0. The van der Waals surface area contributed by atoms with Gasteiger partial charge in [-0.1, -0.05) is 64.0 Å². The molecule has 0 aliphatic heterocycles. The first-order valence-electron chi connectivity index (χ1n) is 13.3. The Bertz CT molecular complexity index is 918. The van der Waals surface area contributed by atoms with Crippen molar-refractivity contribution in [2.45, 2.75) is 91.1 Å². The standard InChI is InChI=1S/C29H40O4/c1-18(2)24-14-21-15-27(17-30)23-13-12-19(3)22(23)16-28(21,29(24,27)26(32)33)25(31)11-7-10-20-8-5-4-6-9-20/h14,17-23,25,31H,4-6,8-10,12-13,15-16H2,1-3H3,(H,32,33)/t19-,21?,22-,23-,25?,27?,28?,29+/m1/s1. The molecule has 33 heavy (non-hydrogen) atoms. The second-order valence-corrected chi connectivity index (χ2v) is 12.3. The van der Waals surface area contributed by atoms with Gasteiger partial charge in [-0.25, -0.2) is 0 Å². The molecule has 0 aromatic heterocycles. The van der Waals surface area contributed by atoms with Crippen molar-refractivity contribution in [1.29, 1.82) is 0 Å². The van der Waals surface area contributed by atoms with Gasteiger partial charge in [-0.3, -0.25) is 4.79 Å². The van der Waals surface area contributed by atoms with Crippen LogP contribution >= 0.6 is 0 Å². The molecule has 4 bridgehead atoms. The monoisotopic (exact) mass is 452 g/mol. The van der Waals surface area contributed by atoms with Crippen LogP contribution in [0.15, 0.2) is 11.6 Å². The number of allylic oxidation sites excluding steroid dienone is 1. The van der Waals surface area contributed by atoms with Crippen LogP contribution in [-0.4, -0.2) is 28.6 Å². The third-order valence-electron chi connectivity index (χ3n) is 10.8. The van der Waals surface area contributed by atoms with E-state index in [-0.39, 0.29) is 23.7 Å². The Balaban J connectivity index is 1.62. The van der Waals surface area contributed by atoms with Gasteiger partial charge in [0.2, 0.25) is 0 Å². The molecule has 4 saturated carbocycles. The molecule has 0 radical (unpaired) electrons. The van der Waals surface area contributed by atoms with E-state index in [0.29, 0.717) is 24.7 Å². The molecule has 8 atom stereocenters. The van der Waals surface area contributed by atoms with Crippen LogP contribution in [0.25, 0.3) is 0 Å². The lowest BCUT2D eigenvalue weighted by Gasteiger charge is -2.59. The first-order valence-corrected chi connectivity index (χ1v) is 13.3. The molecule has 0 spiro atoms. The second-order valence-electron chi connectivity index (χ2n) is 12.3. The predicted molar refractivity (Wildman–Crippen MR) is 127 cm³/mol.